The molecule has 0 fully saturated rings. The topological polar surface area (TPSA) is 111 Å². The molecule has 0 aliphatic heterocycles. The Kier molecular flexibility index (Phi) is 6.35. The number of anilines is 1. The summed E-state index contributed by atoms with van der Waals surface area (Å²) in [5.74, 6) is 0.766. The lowest BCUT2D eigenvalue weighted by Crippen LogP contribution is -2.20. The molecule has 30 heavy (non-hydrogen) atoms. The Morgan fingerprint density at radius 3 is 2.87 bits per heavy atom. The molecular weight excluding hydrogens is 444 g/mol. The van der Waals surface area contributed by atoms with E-state index < -0.39 is 0 Å². The van der Waals surface area contributed by atoms with Crippen molar-refractivity contribution >= 4 is 50.4 Å². The highest BCUT2D eigenvalue weighted by atomic mass is 32.2. The third-order valence-corrected chi connectivity index (χ3v) is 6.81. The van der Waals surface area contributed by atoms with Gasteiger partial charge in [-0.2, -0.15) is 9.61 Å². The van der Waals surface area contributed by atoms with Gasteiger partial charge in [0.15, 0.2) is 10.9 Å². The summed E-state index contributed by atoms with van der Waals surface area (Å²) in [6, 6.07) is 10.6. The Labute approximate surface area is 183 Å². The van der Waals surface area contributed by atoms with Crippen LogP contribution in [-0.4, -0.2) is 37.3 Å². The summed E-state index contributed by atoms with van der Waals surface area (Å²) < 4.78 is 7.39. The number of amides is 1. The Hall–Kier alpha value is -2.83. The largest absolute Gasteiger partial charge is 0.484 e. The van der Waals surface area contributed by atoms with Gasteiger partial charge in [0.25, 0.3) is 11.5 Å². The molecule has 12 heteroatoms. The van der Waals surface area contributed by atoms with E-state index in [1.165, 1.54) is 45.0 Å². The van der Waals surface area contributed by atoms with Crippen molar-refractivity contribution in [3.05, 3.63) is 57.5 Å². The van der Waals surface area contributed by atoms with E-state index in [2.05, 4.69) is 25.6 Å². The zero-order valence-electron chi connectivity index (χ0n) is 15.8. The van der Waals surface area contributed by atoms with Crippen LogP contribution in [0.2, 0.25) is 0 Å². The van der Waals surface area contributed by atoms with Crippen LogP contribution in [0.1, 0.15) is 17.6 Å². The summed E-state index contributed by atoms with van der Waals surface area (Å²) in [6.07, 6.45) is 0.757. The lowest BCUT2D eigenvalue weighted by Gasteiger charge is -2.04. The number of carbonyl (C=O) groups excluding carboxylic acids is 1. The number of nitrogens with one attached hydrogen (secondary N) is 1. The molecule has 1 N–H and O–H groups in total. The number of para-hydroxylation sites is 1. The van der Waals surface area contributed by atoms with E-state index in [0.29, 0.717) is 31.6 Å². The minimum absolute atomic E-state index is 0.117. The van der Waals surface area contributed by atoms with Gasteiger partial charge < -0.3 is 4.74 Å². The number of aryl methyl sites for hydroxylation is 1. The van der Waals surface area contributed by atoms with Crippen molar-refractivity contribution in [2.75, 3.05) is 11.9 Å². The van der Waals surface area contributed by atoms with Crippen molar-refractivity contribution in [2.45, 2.75) is 23.4 Å². The maximum atomic E-state index is 12.2. The monoisotopic (exact) mass is 460 g/mol. The van der Waals surface area contributed by atoms with Gasteiger partial charge in [-0.25, -0.2) is 4.98 Å². The molecule has 0 radical (unpaired) electrons. The van der Waals surface area contributed by atoms with E-state index in [0.717, 1.165) is 11.4 Å². The van der Waals surface area contributed by atoms with Crippen LogP contribution in [0.25, 0.3) is 4.96 Å². The number of rotatable bonds is 8. The average molecular weight is 461 g/mol. The van der Waals surface area contributed by atoms with Gasteiger partial charge >= 0.3 is 0 Å². The summed E-state index contributed by atoms with van der Waals surface area (Å²) >= 11 is 4.06. The molecule has 0 unspecified atom stereocenters. The quantitative estimate of drug-likeness (QED) is 0.316. The molecule has 3 heterocycles. The number of hydrogen-bond donors (Lipinski definition) is 1. The molecule has 0 saturated heterocycles. The highest BCUT2D eigenvalue weighted by Gasteiger charge is 2.12. The van der Waals surface area contributed by atoms with Crippen LogP contribution in [-0.2, 0) is 17.0 Å². The van der Waals surface area contributed by atoms with Crippen molar-refractivity contribution in [2.24, 2.45) is 0 Å². The van der Waals surface area contributed by atoms with Crippen LogP contribution in [0.5, 0.6) is 5.75 Å². The predicted molar refractivity (Wildman–Crippen MR) is 117 cm³/mol. The van der Waals surface area contributed by atoms with Crippen LogP contribution in [0.3, 0.4) is 0 Å². The molecule has 9 nitrogen and oxygen atoms in total. The van der Waals surface area contributed by atoms with Gasteiger partial charge in [0.1, 0.15) is 10.8 Å². The van der Waals surface area contributed by atoms with Gasteiger partial charge in [-0.1, -0.05) is 59.6 Å². The highest BCUT2D eigenvalue weighted by molar-refractivity contribution is 8.00. The number of carbonyl (C=O) groups is 1. The number of hydrogen-bond acceptors (Lipinski definition) is 10. The molecule has 4 rings (SSSR count). The second kappa shape index (κ2) is 9.32. The lowest BCUT2D eigenvalue weighted by atomic mass is 10.3. The van der Waals surface area contributed by atoms with E-state index in [-0.39, 0.29) is 18.1 Å². The fraction of sp³-hybridized carbons (Fsp3) is 0.222. The Morgan fingerprint density at radius 1 is 1.23 bits per heavy atom. The molecule has 3 aromatic heterocycles. The van der Waals surface area contributed by atoms with Crippen molar-refractivity contribution in [3.8, 4) is 5.75 Å². The van der Waals surface area contributed by atoms with E-state index in [1.54, 1.807) is 12.1 Å². The van der Waals surface area contributed by atoms with Crippen LogP contribution >= 0.6 is 34.4 Å². The number of thioether (sulfide) groups is 1. The number of fused-ring (bicyclic) bond motifs is 1. The molecule has 0 bridgehead atoms. The minimum atomic E-state index is -0.316. The zero-order chi connectivity index (χ0) is 20.9. The molecule has 0 saturated carbocycles. The Morgan fingerprint density at radius 2 is 2.07 bits per heavy atom. The smallest absolute Gasteiger partial charge is 0.275 e. The summed E-state index contributed by atoms with van der Waals surface area (Å²) in [6.45, 7) is 1.87. The second-order valence-corrected chi connectivity index (χ2v) is 9.18. The maximum absolute atomic E-state index is 12.2. The Bertz CT molecular complexity index is 1220. The van der Waals surface area contributed by atoms with Gasteiger partial charge in [0.2, 0.25) is 10.1 Å². The average Bonchev–Trinajstić information content (AvgIpc) is 3.38. The molecule has 0 aliphatic rings. The number of nitrogens with zero attached hydrogens (tertiary/aromatic N) is 5. The van der Waals surface area contributed by atoms with Crippen molar-refractivity contribution in [1.29, 1.82) is 0 Å². The SMILES string of the molecule is CCc1nn2c(=O)cc(CSc3nnc(NC(=O)COc4ccccc4)s3)nc2s1. The maximum Gasteiger partial charge on any atom is 0.275 e. The van der Waals surface area contributed by atoms with Gasteiger partial charge in [0.05, 0.1) is 5.69 Å². The molecule has 0 aliphatic carbocycles. The fourth-order valence-corrected chi connectivity index (χ4v) is 4.91. The zero-order valence-corrected chi connectivity index (χ0v) is 18.2. The van der Waals surface area contributed by atoms with Crippen LogP contribution in [0.4, 0.5) is 5.13 Å². The number of benzene rings is 1. The van der Waals surface area contributed by atoms with Crippen molar-refractivity contribution in [1.82, 2.24) is 24.8 Å². The van der Waals surface area contributed by atoms with Gasteiger partial charge in [-0.05, 0) is 18.6 Å². The third kappa shape index (κ3) is 5.01. The second-order valence-electron chi connectivity index (χ2n) is 5.94. The van der Waals surface area contributed by atoms with Crippen LogP contribution in [0.15, 0.2) is 45.5 Å². The predicted octanol–water partition coefficient (Wildman–Crippen LogP) is 2.87. The van der Waals surface area contributed by atoms with Gasteiger partial charge in [0, 0.05) is 11.8 Å². The normalized spacial score (nSPS) is 11.0. The molecule has 154 valence electrons. The summed E-state index contributed by atoms with van der Waals surface area (Å²) in [4.78, 5) is 29.3. The van der Waals surface area contributed by atoms with Gasteiger partial charge in [-0.15, -0.1) is 10.2 Å². The first-order valence-corrected chi connectivity index (χ1v) is 11.5. The third-order valence-electron chi connectivity index (χ3n) is 3.75. The molecule has 0 spiro atoms. The van der Waals surface area contributed by atoms with Crippen molar-refractivity contribution in [3.63, 3.8) is 0 Å². The molecule has 1 aromatic carbocycles. The van der Waals surface area contributed by atoms with Crippen LogP contribution < -0.4 is 15.6 Å². The number of aromatic nitrogens is 5. The summed E-state index contributed by atoms with van der Waals surface area (Å²) in [7, 11) is 0. The first-order chi connectivity index (χ1) is 14.6. The van der Waals surface area contributed by atoms with E-state index >= 15 is 0 Å². The molecule has 4 aromatic rings. The first-order valence-electron chi connectivity index (χ1n) is 8.93. The number of ether oxygens (including phenoxy) is 1. The highest BCUT2D eigenvalue weighted by Crippen LogP contribution is 2.28. The van der Waals surface area contributed by atoms with Crippen LogP contribution in [0, 0.1) is 0 Å². The van der Waals surface area contributed by atoms with Gasteiger partial charge in [-0.3, -0.25) is 14.9 Å². The molecule has 0 atom stereocenters. The summed E-state index contributed by atoms with van der Waals surface area (Å²) in [5, 5.41) is 16.2. The minimum Gasteiger partial charge on any atom is -0.484 e. The van der Waals surface area contributed by atoms with E-state index in [4.69, 9.17) is 4.74 Å². The Balaban J connectivity index is 1.33. The molecule has 1 amide bonds. The van der Waals surface area contributed by atoms with E-state index in [9.17, 15) is 9.59 Å². The lowest BCUT2D eigenvalue weighted by molar-refractivity contribution is -0.118. The van der Waals surface area contributed by atoms with Crippen molar-refractivity contribution < 1.29 is 9.53 Å². The standard InChI is InChI=1S/C18H16N6O3S3/c1-2-14-23-24-15(26)8-11(19-17(24)29-14)10-28-18-22-21-16(30-18)20-13(25)9-27-12-6-4-3-5-7-12/h3-8H,2,9-10H2,1H3,(H,20,21,25). The fourth-order valence-electron chi connectivity index (χ4n) is 2.39. The molecular formula is C18H16N6O3S3. The summed E-state index contributed by atoms with van der Waals surface area (Å²) in [5.41, 5.74) is 0.448. The van der Waals surface area contributed by atoms with E-state index in [1.807, 2.05) is 25.1 Å². The first kappa shape index (κ1) is 20.4.